The number of hydrogen-bond acceptors (Lipinski definition) is 2. The van der Waals surface area contributed by atoms with Crippen LogP contribution < -0.4 is 0 Å². The first-order chi connectivity index (χ1) is 7.22. The molecule has 76 valence electrons. The molecule has 0 fully saturated rings. The highest BCUT2D eigenvalue weighted by atomic mass is 16.5. The van der Waals surface area contributed by atoms with Crippen LogP contribution in [0.1, 0.15) is 5.69 Å². The Morgan fingerprint density at radius 3 is 2.80 bits per heavy atom. The van der Waals surface area contributed by atoms with E-state index in [0.29, 0.717) is 11.3 Å². The molecule has 0 amide bonds. The van der Waals surface area contributed by atoms with Crippen LogP contribution in [0, 0.1) is 0 Å². The number of fused-ring (bicyclic) bond motifs is 1. The zero-order valence-electron chi connectivity index (χ0n) is 8.41. The molecule has 1 aromatic heterocycles. The van der Waals surface area contributed by atoms with Gasteiger partial charge in [-0.05, 0) is 12.1 Å². The number of aromatic amines is 1. The van der Waals surface area contributed by atoms with Crippen molar-refractivity contribution in [3.63, 3.8) is 0 Å². The fraction of sp³-hybridized carbons (Fsp3) is 0.0833. The van der Waals surface area contributed by atoms with Gasteiger partial charge >= 0.3 is 5.97 Å². The van der Waals surface area contributed by atoms with Crippen LogP contribution in [0.4, 0.5) is 0 Å². The van der Waals surface area contributed by atoms with Gasteiger partial charge in [-0.3, -0.25) is 0 Å². The molecule has 0 aliphatic rings. The van der Waals surface area contributed by atoms with Crippen molar-refractivity contribution >= 4 is 22.4 Å². The van der Waals surface area contributed by atoms with Crippen molar-refractivity contribution in [2.24, 2.45) is 0 Å². The topological polar surface area (TPSA) is 42.1 Å². The lowest BCUT2D eigenvalue weighted by Gasteiger charge is -1.99. The summed E-state index contributed by atoms with van der Waals surface area (Å²) in [4.78, 5) is 14.4. The number of aromatic nitrogens is 1. The summed E-state index contributed by atoms with van der Waals surface area (Å²) >= 11 is 0. The molecule has 1 aromatic carbocycles. The maximum Gasteiger partial charge on any atom is 0.339 e. The minimum Gasteiger partial charge on any atom is -0.465 e. The van der Waals surface area contributed by atoms with Crippen molar-refractivity contribution in [1.29, 1.82) is 0 Å². The van der Waals surface area contributed by atoms with Gasteiger partial charge in [-0.2, -0.15) is 0 Å². The first kappa shape index (κ1) is 9.52. The number of methoxy groups -OCH3 is 1. The smallest absolute Gasteiger partial charge is 0.339 e. The molecule has 3 nitrogen and oxygen atoms in total. The molecule has 0 bridgehead atoms. The molecule has 2 rings (SSSR count). The zero-order chi connectivity index (χ0) is 10.8. The van der Waals surface area contributed by atoms with E-state index in [1.54, 1.807) is 0 Å². The molecule has 0 aliphatic carbocycles. The number of ether oxygens (including phenoxy) is 1. The van der Waals surface area contributed by atoms with Crippen LogP contribution in [-0.4, -0.2) is 18.1 Å². The largest absolute Gasteiger partial charge is 0.465 e. The summed E-state index contributed by atoms with van der Waals surface area (Å²) in [7, 11) is 1.34. The average molecular weight is 201 g/mol. The van der Waals surface area contributed by atoms with Gasteiger partial charge < -0.3 is 9.72 Å². The second-order valence-corrected chi connectivity index (χ2v) is 3.24. The number of benzene rings is 1. The molecule has 0 atom stereocenters. The molecule has 0 spiro atoms. The maximum absolute atomic E-state index is 11.2. The van der Waals surface area contributed by atoms with Gasteiger partial charge in [-0.1, -0.05) is 24.8 Å². The van der Waals surface area contributed by atoms with E-state index in [2.05, 4.69) is 16.3 Å². The van der Waals surface area contributed by atoms with E-state index in [1.807, 2.05) is 30.3 Å². The molecule has 2 aromatic rings. The zero-order valence-corrected chi connectivity index (χ0v) is 8.41. The van der Waals surface area contributed by atoms with Crippen LogP contribution in [0.5, 0.6) is 0 Å². The van der Waals surface area contributed by atoms with Gasteiger partial charge in [0.25, 0.3) is 0 Å². The third-order valence-corrected chi connectivity index (χ3v) is 2.29. The molecule has 0 radical (unpaired) electrons. The quantitative estimate of drug-likeness (QED) is 0.598. The summed E-state index contributed by atoms with van der Waals surface area (Å²) in [6, 6.07) is 9.68. The summed E-state index contributed by atoms with van der Waals surface area (Å²) < 4.78 is 4.60. The molecule has 0 aliphatic heterocycles. The molecule has 3 heteroatoms. The molecule has 0 saturated heterocycles. The van der Waals surface area contributed by atoms with Crippen molar-refractivity contribution in [2.45, 2.75) is 0 Å². The van der Waals surface area contributed by atoms with Crippen LogP contribution >= 0.6 is 0 Å². The summed E-state index contributed by atoms with van der Waals surface area (Å²) in [6.07, 6.45) is 0. The van der Waals surface area contributed by atoms with Gasteiger partial charge in [0.15, 0.2) is 0 Å². The maximum atomic E-state index is 11.2. The van der Waals surface area contributed by atoms with E-state index in [4.69, 9.17) is 0 Å². The number of carbonyl (C=O) groups is 1. The molecule has 15 heavy (non-hydrogen) atoms. The number of hydrogen-bond donors (Lipinski definition) is 1. The third-order valence-electron chi connectivity index (χ3n) is 2.29. The van der Waals surface area contributed by atoms with E-state index < -0.39 is 5.97 Å². The molecule has 1 N–H and O–H groups in total. The molecule has 0 saturated carbocycles. The standard InChI is InChI=1S/C12H11NO2/c1-8(12(14)15-2)11-7-9-5-3-4-6-10(9)13-11/h3-7,13H,1H2,2H3. The summed E-state index contributed by atoms with van der Waals surface area (Å²) in [5, 5.41) is 1.05. The van der Waals surface area contributed by atoms with Crippen molar-refractivity contribution in [1.82, 2.24) is 4.98 Å². The van der Waals surface area contributed by atoms with Crippen molar-refractivity contribution in [2.75, 3.05) is 7.11 Å². The number of rotatable bonds is 2. The van der Waals surface area contributed by atoms with Gasteiger partial charge in [-0.25, -0.2) is 4.79 Å². The van der Waals surface area contributed by atoms with E-state index in [0.717, 1.165) is 10.9 Å². The molecular formula is C12H11NO2. The minimum atomic E-state index is -0.415. The van der Waals surface area contributed by atoms with E-state index in [-0.39, 0.29) is 0 Å². The Hall–Kier alpha value is -2.03. The average Bonchev–Trinajstić information content (AvgIpc) is 2.70. The number of H-pyrrole nitrogens is 1. The van der Waals surface area contributed by atoms with Crippen LogP contribution in [0.15, 0.2) is 36.9 Å². The van der Waals surface area contributed by atoms with Crippen molar-refractivity contribution in [3.05, 3.63) is 42.6 Å². The lowest BCUT2D eigenvalue weighted by molar-refractivity contribution is -0.133. The van der Waals surface area contributed by atoms with Crippen LogP contribution in [0.25, 0.3) is 16.5 Å². The predicted molar refractivity (Wildman–Crippen MR) is 59.3 cm³/mol. The lowest BCUT2D eigenvalue weighted by atomic mass is 10.2. The number of esters is 1. The Morgan fingerprint density at radius 1 is 1.40 bits per heavy atom. The highest BCUT2D eigenvalue weighted by Gasteiger charge is 2.11. The second-order valence-electron chi connectivity index (χ2n) is 3.24. The second kappa shape index (κ2) is 3.61. The summed E-state index contributed by atoms with van der Waals surface area (Å²) in [5.41, 5.74) is 2.02. The molecule has 0 unspecified atom stereocenters. The first-order valence-corrected chi connectivity index (χ1v) is 4.57. The molecular weight excluding hydrogens is 190 g/mol. The van der Waals surface area contributed by atoms with Gasteiger partial charge in [0.1, 0.15) is 0 Å². The first-order valence-electron chi connectivity index (χ1n) is 4.57. The monoisotopic (exact) mass is 201 g/mol. The fourth-order valence-corrected chi connectivity index (χ4v) is 1.47. The summed E-state index contributed by atoms with van der Waals surface area (Å²) in [5.74, 6) is -0.415. The minimum absolute atomic E-state index is 0.341. The van der Waals surface area contributed by atoms with Crippen LogP contribution in [0.3, 0.4) is 0 Å². The Kier molecular flexibility index (Phi) is 2.29. The predicted octanol–water partition coefficient (Wildman–Crippen LogP) is 2.35. The molecule has 1 heterocycles. The highest BCUT2D eigenvalue weighted by molar-refractivity contribution is 6.15. The Balaban J connectivity index is 2.45. The fourth-order valence-electron chi connectivity index (χ4n) is 1.47. The van der Waals surface area contributed by atoms with Gasteiger partial charge in [0.2, 0.25) is 0 Å². The Labute approximate surface area is 87.4 Å². The van der Waals surface area contributed by atoms with Gasteiger partial charge in [0, 0.05) is 10.9 Å². The number of nitrogens with one attached hydrogen (secondary N) is 1. The Morgan fingerprint density at radius 2 is 2.13 bits per heavy atom. The lowest BCUT2D eigenvalue weighted by Crippen LogP contribution is -2.02. The van der Waals surface area contributed by atoms with Gasteiger partial charge in [0.05, 0.1) is 18.4 Å². The van der Waals surface area contributed by atoms with Crippen LogP contribution in [-0.2, 0) is 9.53 Å². The van der Waals surface area contributed by atoms with Gasteiger partial charge in [-0.15, -0.1) is 0 Å². The summed E-state index contributed by atoms with van der Waals surface area (Å²) in [6.45, 7) is 3.69. The van der Waals surface area contributed by atoms with E-state index in [9.17, 15) is 4.79 Å². The SMILES string of the molecule is C=C(C(=O)OC)c1cc2ccccc2[nH]1. The number of carbonyl (C=O) groups excluding carboxylic acids is 1. The highest BCUT2D eigenvalue weighted by Crippen LogP contribution is 2.20. The Bertz CT molecular complexity index is 492. The van der Waals surface area contributed by atoms with Crippen molar-refractivity contribution in [3.8, 4) is 0 Å². The van der Waals surface area contributed by atoms with Crippen LogP contribution in [0.2, 0.25) is 0 Å². The third kappa shape index (κ3) is 1.64. The van der Waals surface area contributed by atoms with E-state index >= 15 is 0 Å². The van der Waals surface area contributed by atoms with E-state index in [1.165, 1.54) is 7.11 Å². The van der Waals surface area contributed by atoms with Crippen molar-refractivity contribution < 1.29 is 9.53 Å². The normalized spacial score (nSPS) is 10.2. The number of para-hydroxylation sites is 1.